The molecule has 0 aliphatic heterocycles. The fourth-order valence-electron chi connectivity index (χ4n) is 4.94. The standard InChI is InChI=1S/C28H31F3O2/c1-3-18-4-6-19(7-5-18)24-14-15-25(28(31)27(24)30)20-8-11-22(12-9-20)33-17-21-10-13-23(32-2)16-26(21)29/h3-7,14-16,20-23H,1,8-13,17H2,2H3. The normalized spacial score (nSPS) is 25.5. The fraction of sp³-hybridized carbons (Fsp3) is 0.429. The Bertz CT molecular complexity index is 991. The van der Waals surface area contributed by atoms with Crippen LogP contribution in [0.25, 0.3) is 17.2 Å². The van der Waals surface area contributed by atoms with Crippen molar-refractivity contribution in [2.45, 2.75) is 56.7 Å². The minimum atomic E-state index is -0.800. The second-order valence-electron chi connectivity index (χ2n) is 9.06. The third-order valence-corrected chi connectivity index (χ3v) is 7.05. The molecule has 33 heavy (non-hydrogen) atoms. The molecule has 2 aromatic rings. The highest BCUT2D eigenvalue weighted by Gasteiger charge is 2.29. The molecule has 2 unspecified atom stereocenters. The monoisotopic (exact) mass is 456 g/mol. The van der Waals surface area contributed by atoms with Gasteiger partial charge in [-0.25, -0.2) is 13.2 Å². The number of ether oxygens (including phenoxy) is 2. The van der Waals surface area contributed by atoms with Gasteiger partial charge in [0, 0.05) is 18.6 Å². The summed E-state index contributed by atoms with van der Waals surface area (Å²) in [7, 11) is 1.59. The van der Waals surface area contributed by atoms with E-state index in [4.69, 9.17) is 9.47 Å². The van der Waals surface area contributed by atoms with Crippen molar-refractivity contribution in [3.63, 3.8) is 0 Å². The highest BCUT2D eigenvalue weighted by Crippen LogP contribution is 2.38. The number of rotatable bonds is 7. The molecule has 2 aromatic carbocycles. The van der Waals surface area contributed by atoms with Gasteiger partial charge in [-0.05, 0) is 67.2 Å². The van der Waals surface area contributed by atoms with Gasteiger partial charge in [0.15, 0.2) is 11.6 Å². The van der Waals surface area contributed by atoms with Gasteiger partial charge in [-0.3, -0.25) is 0 Å². The van der Waals surface area contributed by atoms with Crippen molar-refractivity contribution in [2.24, 2.45) is 5.92 Å². The first-order valence-corrected chi connectivity index (χ1v) is 11.7. The van der Waals surface area contributed by atoms with Crippen LogP contribution >= 0.6 is 0 Å². The molecule has 0 spiro atoms. The van der Waals surface area contributed by atoms with Crippen molar-refractivity contribution < 1.29 is 22.6 Å². The van der Waals surface area contributed by atoms with Gasteiger partial charge >= 0.3 is 0 Å². The molecule has 0 N–H and O–H groups in total. The summed E-state index contributed by atoms with van der Waals surface area (Å²) in [4.78, 5) is 0. The SMILES string of the molecule is C=Cc1ccc(-c2ccc(C3CCC(OCC4CCC(OC)C=C4F)CC3)c(F)c2F)cc1. The lowest BCUT2D eigenvalue weighted by Gasteiger charge is -2.31. The molecule has 0 aromatic heterocycles. The Hall–Kier alpha value is -2.37. The van der Waals surface area contributed by atoms with E-state index >= 15 is 0 Å². The maximum Gasteiger partial charge on any atom is 0.166 e. The van der Waals surface area contributed by atoms with Gasteiger partial charge < -0.3 is 9.47 Å². The van der Waals surface area contributed by atoms with Crippen LogP contribution in [-0.2, 0) is 9.47 Å². The van der Waals surface area contributed by atoms with Crippen LogP contribution < -0.4 is 0 Å². The average Bonchev–Trinajstić information content (AvgIpc) is 2.85. The minimum absolute atomic E-state index is 0.0322. The number of hydrogen-bond donors (Lipinski definition) is 0. The Kier molecular flexibility index (Phi) is 7.71. The summed E-state index contributed by atoms with van der Waals surface area (Å²) in [6.07, 6.45) is 7.62. The van der Waals surface area contributed by atoms with Crippen LogP contribution in [0, 0.1) is 17.6 Å². The van der Waals surface area contributed by atoms with E-state index in [2.05, 4.69) is 6.58 Å². The lowest BCUT2D eigenvalue weighted by atomic mass is 9.82. The molecule has 0 heterocycles. The molecule has 0 saturated heterocycles. The average molecular weight is 457 g/mol. The first kappa shape index (κ1) is 23.8. The molecular formula is C28H31F3O2. The van der Waals surface area contributed by atoms with E-state index in [9.17, 15) is 13.2 Å². The van der Waals surface area contributed by atoms with E-state index in [1.807, 2.05) is 12.1 Å². The fourth-order valence-corrected chi connectivity index (χ4v) is 4.94. The minimum Gasteiger partial charge on any atom is -0.377 e. The van der Waals surface area contributed by atoms with E-state index in [-0.39, 0.29) is 35.4 Å². The van der Waals surface area contributed by atoms with Crippen molar-refractivity contribution in [3.05, 3.63) is 77.6 Å². The second-order valence-corrected chi connectivity index (χ2v) is 9.06. The highest BCUT2D eigenvalue weighted by atomic mass is 19.2. The summed E-state index contributed by atoms with van der Waals surface area (Å²) in [5, 5.41) is 0. The van der Waals surface area contributed by atoms with Crippen molar-refractivity contribution in [1.82, 2.24) is 0 Å². The molecule has 2 nitrogen and oxygen atoms in total. The van der Waals surface area contributed by atoms with E-state index in [0.29, 0.717) is 24.2 Å². The first-order chi connectivity index (χ1) is 16.0. The number of methoxy groups -OCH3 is 1. The predicted molar refractivity (Wildman–Crippen MR) is 126 cm³/mol. The smallest absolute Gasteiger partial charge is 0.166 e. The van der Waals surface area contributed by atoms with Crippen molar-refractivity contribution in [2.75, 3.05) is 13.7 Å². The van der Waals surface area contributed by atoms with Crippen LogP contribution in [-0.4, -0.2) is 25.9 Å². The van der Waals surface area contributed by atoms with Gasteiger partial charge in [0.05, 0.1) is 18.8 Å². The quantitative estimate of drug-likeness (QED) is 0.427. The van der Waals surface area contributed by atoms with Gasteiger partial charge in [-0.2, -0.15) is 0 Å². The van der Waals surface area contributed by atoms with Gasteiger partial charge in [-0.15, -0.1) is 0 Å². The number of halogens is 3. The van der Waals surface area contributed by atoms with E-state index in [0.717, 1.165) is 37.7 Å². The third kappa shape index (κ3) is 5.42. The predicted octanol–water partition coefficient (Wildman–Crippen LogP) is 7.60. The van der Waals surface area contributed by atoms with Gasteiger partial charge in [0.2, 0.25) is 0 Å². The van der Waals surface area contributed by atoms with Crippen molar-refractivity contribution in [1.29, 1.82) is 0 Å². The summed E-state index contributed by atoms with van der Waals surface area (Å²) in [6, 6.07) is 10.6. The van der Waals surface area contributed by atoms with Crippen LogP contribution in [0.5, 0.6) is 0 Å². The summed E-state index contributed by atoms with van der Waals surface area (Å²) >= 11 is 0. The summed E-state index contributed by atoms with van der Waals surface area (Å²) < 4.78 is 55.3. The largest absolute Gasteiger partial charge is 0.377 e. The lowest BCUT2D eigenvalue weighted by molar-refractivity contribution is 0.000162. The molecule has 0 bridgehead atoms. The molecule has 1 saturated carbocycles. The Labute approximate surface area is 194 Å². The maximum atomic E-state index is 15.0. The zero-order valence-corrected chi connectivity index (χ0v) is 19.0. The lowest BCUT2D eigenvalue weighted by Crippen LogP contribution is -2.26. The summed E-state index contributed by atoms with van der Waals surface area (Å²) in [5.41, 5.74) is 2.27. The second kappa shape index (κ2) is 10.7. The molecule has 2 atom stereocenters. The highest BCUT2D eigenvalue weighted by molar-refractivity contribution is 5.66. The third-order valence-electron chi connectivity index (χ3n) is 7.05. The Morgan fingerprint density at radius 1 is 0.909 bits per heavy atom. The first-order valence-electron chi connectivity index (χ1n) is 11.7. The van der Waals surface area contributed by atoms with E-state index in [1.165, 1.54) is 0 Å². The van der Waals surface area contributed by atoms with E-state index < -0.39 is 11.6 Å². The van der Waals surface area contributed by atoms with Gasteiger partial charge in [-0.1, -0.05) is 49.1 Å². The molecule has 2 aliphatic carbocycles. The molecule has 2 aliphatic rings. The molecule has 4 rings (SSSR count). The van der Waals surface area contributed by atoms with Crippen LogP contribution in [0.15, 0.2) is 54.9 Å². The van der Waals surface area contributed by atoms with Crippen molar-refractivity contribution in [3.8, 4) is 11.1 Å². The van der Waals surface area contributed by atoms with E-state index in [1.54, 1.807) is 43.5 Å². The van der Waals surface area contributed by atoms with Crippen LogP contribution in [0.2, 0.25) is 0 Å². The van der Waals surface area contributed by atoms with Crippen LogP contribution in [0.3, 0.4) is 0 Å². The summed E-state index contributed by atoms with van der Waals surface area (Å²) in [6.45, 7) is 4.07. The maximum absolute atomic E-state index is 15.0. The molecule has 0 amide bonds. The number of hydrogen-bond acceptors (Lipinski definition) is 2. The zero-order valence-electron chi connectivity index (χ0n) is 19.0. The van der Waals surface area contributed by atoms with Crippen molar-refractivity contribution >= 4 is 6.08 Å². The van der Waals surface area contributed by atoms with Gasteiger partial charge in [0.25, 0.3) is 0 Å². The molecule has 5 heteroatoms. The number of benzene rings is 2. The topological polar surface area (TPSA) is 18.5 Å². The molecule has 0 radical (unpaired) electrons. The Morgan fingerprint density at radius 3 is 2.27 bits per heavy atom. The van der Waals surface area contributed by atoms with Crippen LogP contribution in [0.1, 0.15) is 55.6 Å². The van der Waals surface area contributed by atoms with Crippen LogP contribution in [0.4, 0.5) is 13.2 Å². The van der Waals surface area contributed by atoms with Gasteiger partial charge in [0.1, 0.15) is 5.83 Å². The summed E-state index contributed by atoms with van der Waals surface area (Å²) in [5.74, 6) is -1.96. The molecule has 176 valence electrons. The Balaban J connectivity index is 1.35. The molecule has 1 fully saturated rings. The Morgan fingerprint density at radius 2 is 1.64 bits per heavy atom. The zero-order chi connectivity index (χ0) is 23.4. The molecular weight excluding hydrogens is 425 g/mol.